The second-order valence-corrected chi connectivity index (χ2v) is 2.40. The van der Waals surface area contributed by atoms with Gasteiger partial charge in [-0.1, -0.05) is 18.1 Å². The standard InChI is InChI=1S/C11H7NO2/c1-14-11(13)7-6-9-4-2-3-5-10(9)8-12/h2-5H,1H3. The van der Waals surface area contributed by atoms with E-state index in [-0.39, 0.29) is 0 Å². The number of hydrogen-bond acceptors (Lipinski definition) is 3. The predicted octanol–water partition coefficient (Wildman–Crippen LogP) is 1.08. The topological polar surface area (TPSA) is 50.1 Å². The highest BCUT2D eigenvalue weighted by Gasteiger charge is 1.96. The van der Waals surface area contributed by atoms with Crippen molar-refractivity contribution in [3.63, 3.8) is 0 Å². The van der Waals surface area contributed by atoms with Crippen molar-refractivity contribution in [2.45, 2.75) is 0 Å². The Kier molecular flexibility index (Phi) is 3.29. The molecule has 0 fully saturated rings. The monoisotopic (exact) mass is 185 g/mol. The Labute approximate surface area is 81.9 Å². The fraction of sp³-hybridized carbons (Fsp3) is 0.0909. The van der Waals surface area contributed by atoms with Crippen LogP contribution in [-0.4, -0.2) is 13.1 Å². The molecule has 1 rings (SSSR count). The average Bonchev–Trinajstić information content (AvgIpc) is 2.26. The number of nitriles is 1. The molecule has 0 aromatic heterocycles. The van der Waals surface area contributed by atoms with E-state index in [0.29, 0.717) is 11.1 Å². The average molecular weight is 185 g/mol. The van der Waals surface area contributed by atoms with Crippen LogP contribution < -0.4 is 0 Å². The molecule has 0 bridgehead atoms. The lowest BCUT2D eigenvalue weighted by Crippen LogP contribution is -1.94. The van der Waals surface area contributed by atoms with Crippen molar-refractivity contribution < 1.29 is 9.53 Å². The summed E-state index contributed by atoms with van der Waals surface area (Å²) in [5.74, 6) is 4.22. The van der Waals surface area contributed by atoms with Crippen molar-refractivity contribution in [3.8, 4) is 17.9 Å². The van der Waals surface area contributed by atoms with Gasteiger partial charge in [-0.25, -0.2) is 4.79 Å². The van der Waals surface area contributed by atoms with E-state index in [2.05, 4.69) is 16.6 Å². The Bertz CT molecular complexity index is 446. The number of carbonyl (C=O) groups is 1. The van der Waals surface area contributed by atoms with Crippen LogP contribution >= 0.6 is 0 Å². The molecule has 0 heterocycles. The van der Waals surface area contributed by atoms with E-state index in [1.165, 1.54) is 7.11 Å². The Balaban J connectivity index is 3.01. The molecule has 0 radical (unpaired) electrons. The normalized spacial score (nSPS) is 8.00. The number of nitrogens with zero attached hydrogens (tertiary/aromatic N) is 1. The van der Waals surface area contributed by atoms with Crippen LogP contribution in [0.15, 0.2) is 24.3 Å². The first-order chi connectivity index (χ1) is 6.77. The van der Waals surface area contributed by atoms with Crippen LogP contribution in [0.3, 0.4) is 0 Å². The quantitative estimate of drug-likeness (QED) is 0.449. The zero-order chi connectivity index (χ0) is 10.4. The lowest BCUT2D eigenvalue weighted by Gasteiger charge is -1.91. The van der Waals surface area contributed by atoms with E-state index in [1.54, 1.807) is 24.3 Å². The zero-order valence-electron chi connectivity index (χ0n) is 7.57. The number of hydrogen-bond donors (Lipinski definition) is 0. The third-order valence-corrected chi connectivity index (χ3v) is 1.53. The Hall–Kier alpha value is -2.26. The van der Waals surface area contributed by atoms with E-state index in [9.17, 15) is 4.79 Å². The largest absolute Gasteiger partial charge is 0.459 e. The lowest BCUT2D eigenvalue weighted by molar-refractivity contribution is -0.133. The second-order valence-electron chi connectivity index (χ2n) is 2.40. The van der Waals surface area contributed by atoms with Gasteiger partial charge in [0.2, 0.25) is 0 Å². The molecule has 0 unspecified atom stereocenters. The van der Waals surface area contributed by atoms with Crippen molar-refractivity contribution in [2.24, 2.45) is 0 Å². The van der Waals surface area contributed by atoms with Crippen molar-refractivity contribution >= 4 is 5.97 Å². The van der Waals surface area contributed by atoms with Gasteiger partial charge in [0.1, 0.15) is 6.07 Å². The van der Waals surface area contributed by atoms with Gasteiger partial charge in [-0.3, -0.25) is 0 Å². The van der Waals surface area contributed by atoms with Gasteiger partial charge in [0, 0.05) is 11.5 Å². The molecule has 0 aliphatic heterocycles. The number of carbonyl (C=O) groups excluding carboxylic acids is 1. The summed E-state index contributed by atoms with van der Waals surface area (Å²) in [5, 5.41) is 8.71. The molecule has 0 saturated carbocycles. The van der Waals surface area contributed by atoms with Gasteiger partial charge in [0.15, 0.2) is 0 Å². The number of methoxy groups -OCH3 is 1. The summed E-state index contributed by atoms with van der Waals surface area (Å²) in [6.45, 7) is 0. The lowest BCUT2D eigenvalue weighted by atomic mass is 10.1. The second kappa shape index (κ2) is 4.69. The third-order valence-electron chi connectivity index (χ3n) is 1.53. The van der Waals surface area contributed by atoms with Gasteiger partial charge in [-0.2, -0.15) is 5.26 Å². The van der Waals surface area contributed by atoms with Gasteiger partial charge in [0.05, 0.1) is 12.7 Å². The molecule has 1 aromatic rings. The molecule has 1 aromatic carbocycles. The molecule has 0 N–H and O–H groups in total. The summed E-state index contributed by atoms with van der Waals surface area (Å²) in [5.41, 5.74) is 0.976. The van der Waals surface area contributed by atoms with E-state index in [4.69, 9.17) is 5.26 Å². The highest BCUT2D eigenvalue weighted by atomic mass is 16.5. The summed E-state index contributed by atoms with van der Waals surface area (Å²) < 4.78 is 4.35. The Morgan fingerprint density at radius 3 is 2.57 bits per heavy atom. The molecule has 68 valence electrons. The van der Waals surface area contributed by atoms with Crippen LogP contribution in [0.1, 0.15) is 11.1 Å². The highest BCUT2D eigenvalue weighted by Crippen LogP contribution is 2.04. The molecule has 14 heavy (non-hydrogen) atoms. The van der Waals surface area contributed by atoms with Crippen LogP contribution in [0.2, 0.25) is 0 Å². The van der Waals surface area contributed by atoms with Gasteiger partial charge in [-0.05, 0) is 12.1 Å². The van der Waals surface area contributed by atoms with E-state index in [1.807, 2.05) is 6.07 Å². The first kappa shape index (κ1) is 9.83. The van der Waals surface area contributed by atoms with Crippen LogP contribution in [0, 0.1) is 23.2 Å². The molecular formula is C11H7NO2. The fourth-order valence-corrected chi connectivity index (χ4v) is 0.859. The minimum Gasteiger partial charge on any atom is -0.459 e. The molecule has 0 aliphatic carbocycles. The number of ether oxygens (including phenoxy) is 1. The van der Waals surface area contributed by atoms with Crippen molar-refractivity contribution in [2.75, 3.05) is 7.11 Å². The summed E-state index contributed by atoms with van der Waals surface area (Å²) in [6, 6.07) is 8.79. The van der Waals surface area contributed by atoms with Gasteiger partial charge in [-0.15, -0.1) is 0 Å². The van der Waals surface area contributed by atoms with E-state index < -0.39 is 5.97 Å². The van der Waals surface area contributed by atoms with Crippen LogP contribution in [0.25, 0.3) is 0 Å². The SMILES string of the molecule is COC(=O)C#Cc1ccccc1C#N. The summed E-state index contributed by atoms with van der Waals surface area (Å²) >= 11 is 0. The van der Waals surface area contributed by atoms with Crippen LogP contribution in [0.4, 0.5) is 0 Å². The minimum atomic E-state index is -0.613. The summed E-state index contributed by atoms with van der Waals surface area (Å²) in [6.07, 6.45) is 0. The number of rotatable bonds is 0. The maximum atomic E-state index is 10.7. The first-order valence-electron chi connectivity index (χ1n) is 3.87. The van der Waals surface area contributed by atoms with Crippen molar-refractivity contribution in [1.29, 1.82) is 5.26 Å². The Morgan fingerprint density at radius 2 is 2.00 bits per heavy atom. The maximum Gasteiger partial charge on any atom is 0.384 e. The van der Waals surface area contributed by atoms with Gasteiger partial charge < -0.3 is 4.74 Å². The van der Waals surface area contributed by atoms with Gasteiger partial charge in [0.25, 0.3) is 0 Å². The molecule has 0 spiro atoms. The van der Waals surface area contributed by atoms with Crippen LogP contribution in [0.5, 0.6) is 0 Å². The molecule has 0 aliphatic rings. The molecule has 0 amide bonds. The molecule has 3 heteroatoms. The smallest absolute Gasteiger partial charge is 0.384 e. The summed E-state index contributed by atoms with van der Waals surface area (Å²) in [4.78, 5) is 10.7. The maximum absolute atomic E-state index is 10.7. The molecule has 3 nitrogen and oxygen atoms in total. The minimum absolute atomic E-state index is 0.448. The number of esters is 1. The first-order valence-corrected chi connectivity index (χ1v) is 3.87. The summed E-state index contributed by atoms with van der Waals surface area (Å²) in [7, 11) is 1.26. The van der Waals surface area contributed by atoms with E-state index >= 15 is 0 Å². The Morgan fingerprint density at radius 1 is 1.36 bits per heavy atom. The zero-order valence-corrected chi connectivity index (χ0v) is 7.57. The van der Waals surface area contributed by atoms with Crippen molar-refractivity contribution in [3.05, 3.63) is 35.4 Å². The molecular weight excluding hydrogens is 178 g/mol. The van der Waals surface area contributed by atoms with Gasteiger partial charge >= 0.3 is 5.97 Å². The third kappa shape index (κ3) is 2.36. The number of benzene rings is 1. The predicted molar refractivity (Wildman–Crippen MR) is 50.1 cm³/mol. The highest BCUT2D eigenvalue weighted by molar-refractivity contribution is 5.89. The van der Waals surface area contributed by atoms with E-state index in [0.717, 1.165) is 0 Å². The van der Waals surface area contributed by atoms with Crippen molar-refractivity contribution in [1.82, 2.24) is 0 Å². The fourth-order valence-electron chi connectivity index (χ4n) is 0.859. The van der Waals surface area contributed by atoms with Crippen LogP contribution in [-0.2, 0) is 9.53 Å². The molecule has 0 atom stereocenters. The molecule has 0 saturated heterocycles.